The SMILES string of the molecule is CCC1C(=O)NCCN1C(=O)Cc1csc(Cc2ccc(F)cc2)n1. The van der Waals surface area contributed by atoms with Gasteiger partial charge in [-0.15, -0.1) is 11.3 Å². The van der Waals surface area contributed by atoms with E-state index in [2.05, 4.69) is 10.3 Å². The van der Waals surface area contributed by atoms with Gasteiger partial charge in [-0.05, 0) is 24.1 Å². The van der Waals surface area contributed by atoms with Crippen LogP contribution >= 0.6 is 11.3 Å². The maximum Gasteiger partial charge on any atom is 0.242 e. The number of carbonyl (C=O) groups excluding carboxylic acids is 2. The first-order chi connectivity index (χ1) is 12.1. The summed E-state index contributed by atoms with van der Waals surface area (Å²) < 4.78 is 13.0. The lowest BCUT2D eigenvalue weighted by atomic mass is 10.1. The van der Waals surface area contributed by atoms with Crippen molar-refractivity contribution in [2.45, 2.75) is 32.2 Å². The van der Waals surface area contributed by atoms with Crippen molar-refractivity contribution in [2.24, 2.45) is 0 Å². The lowest BCUT2D eigenvalue weighted by Gasteiger charge is -2.34. The Labute approximate surface area is 149 Å². The summed E-state index contributed by atoms with van der Waals surface area (Å²) in [7, 11) is 0. The van der Waals surface area contributed by atoms with Crippen LogP contribution in [-0.4, -0.2) is 40.8 Å². The minimum atomic E-state index is -0.390. The Hall–Kier alpha value is -2.28. The molecule has 0 radical (unpaired) electrons. The minimum absolute atomic E-state index is 0.0691. The molecule has 7 heteroatoms. The number of hydrogen-bond donors (Lipinski definition) is 1. The van der Waals surface area contributed by atoms with Crippen LogP contribution in [0, 0.1) is 5.82 Å². The van der Waals surface area contributed by atoms with E-state index in [4.69, 9.17) is 0 Å². The second kappa shape index (κ2) is 7.74. The molecule has 0 bridgehead atoms. The van der Waals surface area contributed by atoms with Gasteiger partial charge in [0, 0.05) is 24.9 Å². The molecule has 2 amide bonds. The molecule has 1 aromatic heterocycles. The first-order valence-corrected chi connectivity index (χ1v) is 9.19. The standard InChI is InChI=1S/C18H20FN3O2S/c1-2-15-18(24)20-7-8-22(15)17(23)10-14-11-25-16(21-14)9-12-3-5-13(19)6-4-12/h3-6,11,15H,2,7-10H2,1H3,(H,20,24). The first kappa shape index (κ1) is 17.5. The topological polar surface area (TPSA) is 62.3 Å². The molecule has 1 unspecified atom stereocenters. The molecule has 2 heterocycles. The van der Waals surface area contributed by atoms with E-state index in [-0.39, 0.29) is 24.1 Å². The predicted molar refractivity (Wildman–Crippen MR) is 93.8 cm³/mol. The zero-order chi connectivity index (χ0) is 17.8. The van der Waals surface area contributed by atoms with Crippen LogP contribution in [0.5, 0.6) is 0 Å². The third-order valence-corrected chi connectivity index (χ3v) is 5.14. The number of benzene rings is 1. The number of halogens is 1. The summed E-state index contributed by atoms with van der Waals surface area (Å²) in [6.07, 6.45) is 1.41. The number of nitrogens with zero attached hydrogens (tertiary/aromatic N) is 2. The highest BCUT2D eigenvalue weighted by molar-refractivity contribution is 7.09. The van der Waals surface area contributed by atoms with Gasteiger partial charge in [0.15, 0.2) is 0 Å². The summed E-state index contributed by atoms with van der Waals surface area (Å²) in [6, 6.07) is 5.94. The number of rotatable bonds is 5. The number of hydrogen-bond acceptors (Lipinski definition) is 4. The van der Waals surface area contributed by atoms with E-state index in [0.29, 0.717) is 31.6 Å². The average molecular weight is 361 g/mol. The number of piperazine rings is 1. The summed E-state index contributed by atoms with van der Waals surface area (Å²) >= 11 is 1.49. The van der Waals surface area contributed by atoms with Crippen molar-refractivity contribution < 1.29 is 14.0 Å². The maximum absolute atomic E-state index is 13.0. The van der Waals surface area contributed by atoms with Gasteiger partial charge in [-0.25, -0.2) is 9.37 Å². The van der Waals surface area contributed by atoms with Crippen LogP contribution in [0.4, 0.5) is 4.39 Å². The van der Waals surface area contributed by atoms with Crippen LogP contribution in [0.3, 0.4) is 0 Å². The van der Waals surface area contributed by atoms with Gasteiger partial charge in [0.25, 0.3) is 0 Å². The average Bonchev–Trinajstić information content (AvgIpc) is 3.03. The van der Waals surface area contributed by atoms with Crippen molar-refractivity contribution in [3.05, 3.63) is 51.7 Å². The zero-order valence-corrected chi connectivity index (χ0v) is 14.8. The second-order valence-electron chi connectivity index (χ2n) is 6.01. The summed E-state index contributed by atoms with van der Waals surface area (Å²) in [5, 5.41) is 5.56. The predicted octanol–water partition coefficient (Wildman–Crippen LogP) is 2.15. The molecule has 3 rings (SSSR count). The third-order valence-electron chi connectivity index (χ3n) is 4.24. The Kier molecular flexibility index (Phi) is 5.43. The number of thiazole rings is 1. The van der Waals surface area contributed by atoms with Crippen molar-refractivity contribution in [1.82, 2.24) is 15.2 Å². The molecule has 0 aliphatic carbocycles. The van der Waals surface area contributed by atoms with Gasteiger partial charge in [0.1, 0.15) is 11.9 Å². The van der Waals surface area contributed by atoms with Gasteiger partial charge in [-0.1, -0.05) is 19.1 Å². The molecule has 2 aromatic rings. The Morgan fingerprint density at radius 1 is 1.40 bits per heavy atom. The summed E-state index contributed by atoms with van der Waals surface area (Å²) in [5.74, 6) is -0.414. The van der Waals surface area contributed by atoms with Gasteiger partial charge in [-0.2, -0.15) is 0 Å². The van der Waals surface area contributed by atoms with E-state index in [1.165, 1.54) is 23.5 Å². The highest BCUT2D eigenvalue weighted by Crippen LogP contribution is 2.17. The smallest absolute Gasteiger partial charge is 0.242 e. The van der Waals surface area contributed by atoms with Crippen LogP contribution in [0.1, 0.15) is 29.6 Å². The molecule has 1 aliphatic heterocycles. The van der Waals surface area contributed by atoms with Crippen molar-refractivity contribution in [2.75, 3.05) is 13.1 Å². The molecular weight excluding hydrogens is 341 g/mol. The molecule has 1 saturated heterocycles. The highest BCUT2D eigenvalue weighted by atomic mass is 32.1. The Bertz CT molecular complexity index is 760. The van der Waals surface area contributed by atoms with Gasteiger partial charge >= 0.3 is 0 Å². The van der Waals surface area contributed by atoms with Crippen LogP contribution < -0.4 is 5.32 Å². The van der Waals surface area contributed by atoms with E-state index >= 15 is 0 Å². The molecule has 1 aromatic carbocycles. The largest absolute Gasteiger partial charge is 0.353 e. The third kappa shape index (κ3) is 4.22. The fraction of sp³-hybridized carbons (Fsp3) is 0.389. The molecule has 5 nitrogen and oxygen atoms in total. The fourth-order valence-electron chi connectivity index (χ4n) is 2.96. The molecule has 0 spiro atoms. The molecule has 1 N–H and O–H groups in total. The Balaban J connectivity index is 1.63. The fourth-order valence-corrected chi connectivity index (χ4v) is 3.79. The molecule has 1 fully saturated rings. The van der Waals surface area contributed by atoms with Crippen LogP contribution in [0.25, 0.3) is 0 Å². The lowest BCUT2D eigenvalue weighted by molar-refractivity contribution is -0.142. The second-order valence-corrected chi connectivity index (χ2v) is 6.96. The van der Waals surface area contributed by atoms with E-state index in [1.807, 2.05) is 12.3 Å². The van der Waals surface area contributed by atoms with E-state index in [1.54, 1.807) is 17.0 Å². The Morgan fingerprint density at radius 2 is 2.16 bits per heavy atom. The van der Waals surface area contributed by atoms with Gasteiger partial charge in [0.2, 0.25) is 11.8 Å². The minimum Gasteiger partial charge on any atom is -0.353 e. The maximum atomic E-state index is 13.0. The number of nitrogens with one attached hydrogen (secondary N) is 1. The zero-order valence-electron chi connectivity index (χ0n) is 14.0. The molecular formula is C18H20FN3O2S. The number of aromatic nitrogens is 1. The van der Waals surface area contributed by atoms with E-state index < -0.39 is 6.04 Å². The number of amides is 2. The van der Waals surface area contributed by atoms with Crippen molar-refractivity contribution in [3.63, 3.8) is 0 Å². The lowest BCUT2D eigenvalue weighted by Crippen LogP contribution is -2.57. The Morgan fingerprint density at radius 3 is 2.88 bits per heavy atom. The quantitative estimate of drug-likeness (QED) is 0.888. The van der Waals surface area contributed by atoms with E-state index in [9.17, 15) is 14.0 Å². The van der Waals surface area contributed by atoms with Crippen molar-refractivity contribution in [1.29, 1.82) is 0 Å². The highest BCUT2D eigenvalue weighted by Gasteiger charge is 2.31. The molecule has 25 heavy (non-hydrogen) atoms. The van der Waals surface area contributed by atoms with Gasteiger partial charge < -0.3 is 10.2 Å². The van der Waals surface area contributed by atoms with Crippen LogP contribution in [0.15, 0.2) is 29.6 Å². The molecule has 0 saturated carbocycles. The molecule has 1 aliphatic rings. The van der Waals surface area contributed by atoms with Gasteiger partial charge in [-0.3, -0.25) is 9.59 Å². The summed E-state index contributed by atoms with van der Waals surface area (Å²) in [4.78, 5) is 30.6. The normalized spacial score (nSPS) is 17.4. The number of carbonyl (C=O) groups is 2. The molecule has 1 atom stereocenters. The monoisotopic (exact) mass is 361 g/mol. The van der Waals surface area contributed by atoms with Crippen LogP contribution in [0.2, 0.25) is 0 Å². The summed E-state index contributed by atoms with van der Waals surface area (Å²) in [5.41, 5.74) is 1.69. The molecule has 132 valence electrons. The van der Waals surface area contributed by atoms with E-state index in [0.717, 1.165) is 10.6 Å². The van der Waals surface area contributed by atoms with Gasteiger partial charge in [0.05, 0.1) is 17.1 Å². The van der Waals surface area contributed by atoms with Crippen molar-refractivity contribution >= 4 is 23.2 Å². The first-order valence-electron chi connectivity index (χ1n) is 8.31. The van der Waals surface area contributed by atoms with Crippen molar-refractivity contribution in [3.8, 4) is 0 Å². The van der Waals surface area contributed by atoms with Crippen LogP contribution in [-0.2, 0) is 22.4 Å². The summed E-state index contributed by atoms with van der Waals surface area (Å²) in [6.45, 7) is 2.93.